The third-order valence-corrected chi connectivity index (χ3v) is 4.72. The van der Waals surface area contributed by atoms with Crippen LogP contribution in [0.15, 0.2) is 79.0 Å². The van der Waals surface area contributed by atoms with Gasteiger partial charge in [0.05, 0.1) is 25.5 Å². The van der Waals surface area contributed by atoms with E-state index in [0.717, 1.165) is 28.1 Å². The summed E-state index contributed by atoms with van der Waals surface area (Å²) in [6.07, 6.45) is 5.05. The lowest BCUT2D eigenvalue weighted by atomic mass is 10.1. The standard InChI is InChI=1S/C27H30N2O4/c1-2-31-16-17-32-20-24-7-5-6-23(18-24)19-29-27(30)14-11-22-9-12-26(13-10-22)33-21-25-8-3-4-15-28-25/h3-15,18H,2,16-17,19-21H2,1H3,(H,29,30)/b14-11+. The van der Waals surface area contributed by atoms with Crippen molar-refractivity contribution in [2.45, 2.75) is 26.7 Å². The fourth-order valence-electron chi connectivity index (χ4n) is 3.02. The van der Waals surface area contributed by atoms with Crippen LogP contribution in [-0.4, -0.2) is 30.7 Å². The molecule has 6 nitrogen and oxygen atoms in total. The number of aromatic nitrogens is 1. The van der Waals surface area contributed by atoms with Gasteiger partial charge in [0.15, 0.2) is 0 Å². The summed E-state index contributed by atoms with van der Waals surface area (Å²) < 4.78 is 16.6. The van der Waals surface area contributed by atoms with E-state index in [-0.39, 0.29) is 5.91 Å². The quantitative estimate of drug-likeness (QED) is 0.308. The zero-order chi connectivity index (χ0) is 23.1. The average Bonchev–Trinajstić information content (AvgIpc) is 2.86. The monoisotopic (exact) mass is 446 g/mol. The van der Waals surface area contributed by atoms with E-state index >= 15 is 0 Å². The number of nitrogens with one attached hydrogen (secondary N) is 1. The first-order valence-corrected chi connectivity index (χ1v) is 11.0. The maximum atomic E-state index is 12.2. The van der Waals surface area contributed by atoms with Gasteiger partial charge in [0.25, 0.3) is 0 Å². The molecule has 6 heteroatoms. The second-order valence-corrected chi connectivity index (χ2v) is 7.30. The molecule has 2 aromatic carbocycles. The molecule has 1 heterocycles. The van der Waals surface area contributed by atoms with Gasteiger partial charge in [-0.15, -0.1) is 0 Å². The van der Waals surface area contributed by atoms with E-state index in [0.29, 0.717) is 39.6 Å². The summed E-state index contributed by atoms with van der Waals surface area (Å²) >= 11 is 0. The van der Waals surface area contributed by atoms with E-state index < -0.39 is 0 Å². The van der Waals surface area contributed by atoms with Gasteiger partial charge in [0.1, 0.15) is 12.4 Å². The Kier molecular flexibility index (Phi) is 10.1. The number of ether oxygens (including phenoxy) is 3. The Balaban J connectivity index is 1.40. The highest BCUT2D eigenvalue weighted by molar-refractivity contribution is 5.91. The van der Waals surface area contributed by atoms with Crippen molar-refractivity contribution in [1.29, 1.82) is 0 Å². The molecule has 0 unspecified atom stereocenters. The Morgan fingerprint density at radius 1 is 0.939 bits per heavy atom. The van der Waals surface area contributed by atoms with Crippen molar-refractivity contribution >= 4 is 12.0 Å². The van der Waals surface area contributed by atoms with E-state index in [4.69, 9.17) is 14.2 Å². The lowest BCUT2D eigenvalue weighted by Gasteiger charge is -2.07. The van der Waals surface area contributed by atoms with Crippen LogP contribution in [0, 0.1) is 0 Å². The van der Waals surface area contributed by atoms with Crippen molar-refractivity contribution in [2.24, 2.45) is 0 Å². The highest BCUT2D eigenvalue weighted by Gasteiger charge is 2.01. The van der Waals surface area contributed by atoms with Crippen LogP contribution < -0.4 is 10.1 Å². The van der Waals surface area contributed by atoms with Gasteiger partial charge in [0.2, 0.25) is 5.91 Å². The average molecular weight is 447 g/mol. The molecule has 3 aromatic rings. The summed E-state index contributed by atoms with van der Waals surface area (Å²) in [5, 5.41) is 2.91. The first-order chi connectivity index (χ1) is 16.2. The molecule has 3 rings (SSSR count). The fraction of sp³-hybridized carbons (Fsp3) is 0.259. The van der Waals surface area contributed by atoms with E-state index in [1.54, 1.807) is 12.3 Å². The van der Waals surface area contributed by atoms with Gasteiger partial charge >= 0.3 is 0 Å². The van der Waals surface area contributed by atoms with Gasteiger partial charge in [-0.05, 0) is 54.0 Å². The van der Waals surface area contributed by atoms with Crippen molar-refractivity contribution in [3.05, 3.63) is 101 Å². The van der Waals surface area contributed by atoms with Crippen molar-refractivity contribution in [3.8, 4) is 5.75 Å². The maximum absolute atomic E-state index is 12.2. The smallest absolute Gasteiger partial charge is 0.244 e. The van der Waals surface area contributed by atoms with Crippen LogP contribution in [0.2, 0.25) is 0 Å². The van der Waals surface area contributed by atoms with E-state index in [2.05, 4.69) is 10.3 Å². The molecule has 1 aromatic heterocycles. The van der Waals surface area contributed by atoms with Gasteiger partial charge in [0, 0.05) is 25.4 Å². The summed E-state index contributed by atoms with van der Waals surface area (Å²) in [6, 6.07) is 21.3. The summed E-state index contributed by atoms with van der Waals surface area (Å²) in [7, 11) is 0. The zero-order valence-corrected chi connectivity index (χ0v) is 18.9. The van der Waals surface area contributed by atoms with Gasteiger partial charge in [-0.1, -0.05) is 42.5 Å². The van der Waals surface area contributed by atoms with Crippen LogP contribution in [0.5, 0.6) is 5.75 Å². The number of nitrogens with zero attached hydrogens (tertiary/aromatic N) is 1. The lowest BCUT2D eigenvalue weighted by molar-refractivity contribution is -0.116. The van der Waals surface area contributed by atoms with E-state index in [9.17, 15) is 4.79 Å². The minimum absolute atomic E-state index is 0.149. The molecule has 33 heavy (non-hydrogen) atoms. The summed E-state index contributed by atoms with van der Waals surface area (Å²) in [5.41, 5.74) is 3.88. The van der Waals surface area contributed by atoms with Crippen molar-refractivity contribution in [1.82, 2.24) is 10.3 Å². The Bertz CT molecular complexity index is 1000. The third-order valence-electron chi connectivity index (χ3n) is 4.72. The number of benzene rings is 2. The topological polar surface area (TPSA) is 69.7 Å². The SMILES string of the molecule is CCOCCOCc1cccc(CNC(=O)/C=C/c2ccc(OCc3ccccn3)cc2)c1. The van der Waals surface area contributed by atoms with Gasteiger partial charge < -0.3 is 19.5 Å². The van der Waals surface area contributed by atoms with Crippen LogP contribution in [0.1, 0.15) is 29.3 Å². The molecular weight excluding hydrogens is 416 g/mol. The number of amides is 1. The second kappa shape index (κ2) is 13.8. The summed E-state index contributed by atoms with van der Waals surface area (Å²) in [6.45, 7) is 5.21. The van der Waals surface area contributed by atoms with E-state index in [1.807, 2.05) is 73.7 Å². The predicted octanol–water partition coefficient (Wildman–Crippen LogP) is 4.54. The minimum atomic E-state index is -0.149. The Morgan fingerprint density at radius 2 is 1.76 bits per heavy atom. The molecule has 0 atom stereocenters. The van der Waals surface area contributed by atoms with Gasteiger partial charge in [-0.25, -0.2) is 0 Å². The number of rotatable bonds is 13. The van der Waals surface area contributed by atoms with Crippen molar-refractivity contribution in [3.63, 3.8) is 0 Å². The normalized spacial score (nSPS) is 10.9. The molecule has 0 spiro atoms. The van der Waals surface area contributed by atoms with Crippen molar-refractivity contribution < 1.29 is 19.0 Å². The van der Waals surface area contributed by atoms with Crippen molar-refractivity contribution in [2.75, 3.05) is 19.8 Å². The predicted molar refractivity (Wildman–Crippen MR) is 128 cm³/mol. The molecule has 1 N–H and O–H groups in total. The Hall–Kier alpha value is -3.48. The lowest BCUT2D eigenvalue weighted by Crippen LogP contribution is -2.20. The van der Waals surface area contributed by atoms with Crippen LogP contribution in [0.25, 0.3) is 6.08 Å². The molecule has 1 amide bonds. The van der Waals surface area contributed by atoms with Crippen LogP contribution in [0.4, 0.5) is 0 Å². The summed E-state index contributed by atoms with van der Waals surface area (Å²) in [4.78, 5) is 16.4. The molecule has 0 radical (unpaired) electrons. The zero-order valence-electron chi connectivity index (χ0n) is 18.9. The second-order valence-electron chi connectivity index (χ2n) is 7.30. The molecule has 0 fully saturated rings. The van der Waals surface area contributed by atoms with Crippen LogP contribution in [0.3, 0.4) is 0 Å². The molecule has 172 valence electrons. The highest BCUT2D eigenvalue weighted by atomic mass is 16.5. The number of carbonyl (C=O) groups is 1. The molecule has 0 aliphatic carbocycles. The maximum Gasteiger partial charge on any atom is 0.244 e. The minimum Gasteiger partial charge on any atom is -0.487 e. The molecule has 0 aliphatic heterocycles. The Morgan fingerprint density at radius 3 is 2.55 bits per heavy atom. The fourth-order valence-corrected chi connectivity index (χ4v) is 3.02. The molecule has 0 aliphatic rings. The van der Waals surface area contributed by atoms with E-state index in [1.165, 1.54) is 6.08 Å². The molecule has 0 saturated heterocycles. The van der Waals surface area contributed by atoms with Gasteiger partial charge in [-0.3, -0.25) is 9.78 Å². The first-order valence-electron chi connectivity index (χ1n) is 11.0. The Labute approximate surface area is 195 Å². The number of hydrogen-bond donors (Lipinski definition) is 1. The third kappa shape index (κ3) is 9.27. The summed E-state index contributed by atoms with van der Waals surface area (Å²) in [5.74, 6) is 0.604. The molecule has 0 bridgehead atoms. The van der Waals surface area contributed by atoms with Gasteiger partial charge in [-0.2, -0.15) is 0 Å². The number of carbonyl (C=O) groups excluding carboxylic acids is 1. The largest absolute Gasteiger partial charge is 0.487 e. The number of pyridine rings is 1. The number of hydrogen-bond acceptors (Lipinski definition) is 5. The molecular formula is C27H30N2O4. The van der Waals surface area contributed by atoms with Crippen LogP contribution >= 0.6 is 0 Å². The van der Waals surface area contributed by atoms with Crippen LogP contribution in [-0.2, 0) is 34.0 Å². The first kappa shape index (κ1) is 24.2. The molecule has 0 saturated carbocycles. The highest BCUT2D eigenvalue weighted by Crippen LogP contribution is 2.14.